The van der Waals surface area contributed by atoms with Gasteiger partial charge >= 0.3 is 6.03 Å². The summed E-state index contributed by atoms with van der Waals surface area (Å²) >= 11 is 0. The lowest BCUT2D eigenvalue weighted by Crippen LogP contribution is -2.32. The number of aromatic nitrogens is 4. The third kappa shape index (κ3) is 5.29. The number of ether oxygens (including phenoxy) is 1. The highest BCUT2D eigenvalue weighted by atomic mass is 16.5. The van der Waals surface area contributed by atoms with Crippen LogP contribution in [-0.2, 0) is 13.0 Å². The molecule has 0 saturated heterocycles. The second-order valence-corrected chi connectivity index (χ2v) is 6.20. The van der Waals surface area contributed by atoms with Crippen molar-refractivity contribution >= 4 is 11.7 Å². The lowest BCUT2D eigenvalue weighted by atomic mass is 10.3. The van der Waals surface area contributed by atoms with Gasteiger partial charge < -0.3 is 15.4 Å². The number of carbonyl (C=O) groups is 1. The van der Waals surface area contributed by atoms with Gasteiger partial charge in [0.1, 0.15) is 17.9 Å². The maximum atomic E-state index is 12.2. The molecule has 8 nitrogen and oxygen atoms in total. The van der Waals surface area contributed by atoms with E-state index in [1.807, 2.05) is 44.2 Å². The SMILES string of the molecule is CCn1ncnc1C(C)NC(=O)Nc1ccc(OCCc2ccccn2)cc1. The van der Waals surface area contributed by atoms with Gasteiger partial charge in [0.25, 0.3) is 0 Å². The van der Waals surface area contributed by atoms with Crippen LogP contribution in [0.3, 0.4) is 0 Å². The number of rotatable bonds is 8. The van der Waals surface area contributed by atoms with Crippen LogP contribution in [0.4, 0.5) is 10.5 Å². The number of hydrogen-bond acceptors (Lipinski definition) is 5. The Morgan fingerprint density at radius 1 is 1.18 bits per heavy atom. The van der Waals surface area contributed by atoms with Crippen LogP contribution in [0.15, 0.2) is 55.0 Å². The van der Waals surface area contributed by atoms with Crippen LogP contribution >= 0.6 is 0 Å². The maximum Gasteiger partial charge on any atom is 0.319 e. The Bertz CT molecular complexity index is 879. The van der Waals surface area contributed by atoms with E-state index < -0.39 is 0 Å². The molecule has 0 saturated carbocycles. The van der Waals surface area contributed by atoms with Gasteiger partial charge in [0.2, 0.25) is 0 Å². The van der Waals surface area contributed by atoms with Crippen molar-refractivity contribution in [2.75, 3.05) is 11.9 Å². The zero-order chi connectivity index (χ0) is 19.8. The van der Waals surface area contributed by atoms with Crippen molar-refractivity contribution in [2.24, 2.45) is 0 Å². The molecule has 2 heterocycles. The van der Waals surface area contributed by atoms with E-state index in [0.717, 1.165) is 17.9 Å². The molecule has 2 N–H and O–H groups in total. The minimum atomic E-state index is -0.304. The van der Waals surface area contributed by atoms with E-state index in [2.05, 4.69) is 25.7 Å². The smallest absolute Gasteiger partial charge is 0.319 e. The average molecular weight is 380 g/mol. The van der Waals surface area contributed by atoms with Gasteiger partial charge in [-0.1, -0.05) is 6.07 Å². The fraction of sp³-hybridized carbons (Fsp3) is 0.300. The van der Waals surface area contributed by atoms with Crippen LogP contribution in [-0.4, -0.2) is 32.4 Å². The van der Waals surface area contributed by atoms with E-state index in [-0.39, 0.29) is 12.1 Å². The van der Waals surface area contributed by atoms with E-state index in [9.17, 15) is 4.79 Å². The minimum Gasteiger partial charge on any atom is -0.493 e. The van der Waals surface area contributed by atoms with Crippen LogP contribution in [0, 0.1) is 0 Å². The molecule has 0 aliphatic rings. The number of nitrogens with zero attached hydrogens (tertiary/aromatic N) is 4. The predicted molar refractivity (Wildman–Crippen MR) is 106 cm³/mol. The number of aryl methyl sites for hydroxylation is 1. The van der Waals surface area contributed by atoms with Crippen molar-refractivity contribution in [2.45, 2.75) is 32.9 Å². The molecule has 0 fully saturated rings. The molecule has 0 aliphatic heterocycles. The molecule has 0 spiro atoms. The molecule has 2 amide bonds. The Morgan fingerprint density at radius 2 is 2.00 bits per heavy atom. The average Bonchev–Trinajstić information content (AvgIpc) is 3.19. The van der Waals surface area contributed by atoms with Crippen LogP contribution in [0.5, 0.6) is 5.75 Å². The molecule has 3 aromatic rings. The van der Waals surface area contributed by atoms with Crippen molar-refractivity contribution in [1.82, 2.24) is 25.1 Å². The molecule has 146 valence electrons. The van der Waals surface area contributed by atoms with E-state index in [1.165, 1.54) is 6.33 Å². The summed E-state index contributed by atoms with van der Waals surface area (Å²) in [5.74, 6) is 1.46. The fourth-order valence-electron chi connectivity index (χ4n) is 2.73. The van der Waals surface area contributed by atoms with Gasteiger partial charge in [-0.05, 0) is 50.2 Å². The van der Waals surface area contributed by atoms with Gasteiger partial charge in [-0.3, -0.25) is 4.98 Å². The number of anilines is 1. The third-order valence-electron chi connectivity index (χ3n) is 4.15. The molecule has 1 atom stereocenters. The van der Waals surface area contributed by atoms with Gasteiger partial charge in [-0.2, -0.15) is 5.10 Å². The first-order valence-electron chi connectivity index (χ1n) is 9.23. The number of pyridine rings is 1. The Hall–Kier alpha value is -3.42. The van der Waals surface area contributed by atoms with E-state index in [4.69, 9.17) is 4.74 Å². The number of nitrogens with one attached hydrogen (secondary N) is 2. The molecule has 1 aromatic carbocycles. The highest BCUT2D eigenvalue weighted by Gasteiger charge is 2.15. The molecule has 0 bridgehead atoms. The summed E-state index contributed by atoms with van der Waals surface area (Å²) in [5.41, 5.74) is 1.67. The summed E-state index contributed by atoms with van der Waals surface area (Å²) in [5, 5.41) is 9.79. The molecule has 8 heteroatoms. The first-order chi connectivity index (χ1) is 13.7. The normalized spacial score (nSPS) is 11.6. The van der Waals surface area contributed by atoms with Crippen LogP contribution in [0.25, 0.3) is 0 Å². The Labute approximate surface area is 164 Å². The van der Waals surface area contributed by atoms with Gasteiger partial charge in [-0.15, -0.1) is 0 Å². The lowest BCUT2D eigenvalue weighted by Gasteiger charge is -2.15. The summed E-state index contributed by atoms with van der Waals surface area (Å²) in [7, 11) is 0. The van der Waals surface area contributed by atoms with Gasteiger partial charge in [0.15, 0.2) is 0 Å². The number of amides is 2. The zero-order valence-electron chi connectivity index (χ0n) is 16.0. The quantitative estimate of drug-likeness (QED) is 0.626. The molecule has 28 heavy (non-hydrogen) atoms. The second-order valence-electron chi connectivity index (χ2n) is 6.20. The van der Waals surface area contributed by atoms with Crippen molar-refractivity contribution < 1.29 is 9.53 Å². The standard InChI is InChI=1S/C20H24N6O2/c1-3-26-19(22-14-23-26)15(2)24-20(27)25-17-7-9-18(10-8-17)28-13-11-16-6-4-5-12-21-16/h4-10,12,14-15H,3,11,13H2,1-2H3,(H2,24,25,27). The van der Waals surface area contributed by atoms with E-state index in [1.54, 1.807) is 23.0 Å². The van der Waals surface area contributed by atoms with Crippen LogP contribution in [0.1, 0.15) is 31.4 Å². The molecule has 1 unspecified atom stereocenters. The molecule has 3 rings (SSSR count). The number of urea groups is 1. The largest absolute Gasteiger partial charge is 0.493 e. The lowest BCUT2D eigenvalue weighted by molar-refractivity contribution is 0.248. The highest BCUT2D eigenvalue weighted by molar-refractivity contribution is 5.89. The molecular formula is C20H24N6O2. The van der Waals surface area contributed by atoms with E-state index in [0.29, 0.717) is 24.7 Å². The van der Waals surface area contributed by atoms with Crippen molar-refractivity contribution in [3.63, 3.8) is 0 Å². The summed E-state index contributed by atoms with van der Waals surface area (Å²) in [6, 6.07) is 12.5. The first kappa shape index (κ1) is 19.3. The Balaban J connectivity index is 1.46. The van der Waals surface area contributed by atoms with Crippen molar-refractivity contribution in [1.29, 1.82) is 0 Å². The Kier molecular flexibility index (Phi) is 6.56. The Morgan fingerprint density at radius 3 is 2.71 bits per heavy atom. The monoisotopic (exact) mass is 380 g/mol. The van der Waals surface area contributed by atoms with Crippen LogP contribution < -0.4 is 15.4 Å². The molecule has 2 aromatic heterocycles. The maximum absolute atomic E-state index is 12.2. The molecule has 0 aliphatic carbocycles. The minimum absolute atomic E-state index is 0.253. The van der Waals surface area contributed by atoms with Gasteiger partial charge in [-0.25, -0.2) is 14.5 Å². The van der Waals surface area contributed by atoms with Gasteiger partial charge in [0.05, 0.1) is 12.6 Å². The van der Waals surface area contributed by atoms with Crippen molar-refractivity contribution in [3.05, 3.63) is 66.5 Å². The third-order valence-corrected chi connectivity index (χ3v) is 4.15. The van der Waals surface area contributed by atoms with Crippen molar-refractivity contribution in [3.8, 4) is 5.75 Å². The second kappa shape index (κ2) is 9.50. The van der Waals surface area contributed by atoms with Crippen LogP contribution in [0.2, 0.25) is 0 Å². The summed E-state index contributed by atoms with van der Waals surface area (Å²) < 4.78 is 7.47. The zero-order valence-corrected chi connectivity index (χ0v) is 16.0. The highest BCUT2D eigenvalue weighted by Crippen LogP contribution is 2.16. The molecule has 0 radical (unpaired) electrons. The fourth-order valence-corrected chi connectivity index (χ4v) is 2.73. The van der Waals surface area contributed by atoms with E-state index >= 15 is 0 Å². The number of hydrogen-bond donors (Lipinski definition) is 2. The van der Waals surface area contributed by atoms with Gasteiger partial charge in [0, 0.05) is 30.5 Å². The molecular weight excluding hydrogens is 356 g/mol. The number of benzene rings is 1. The predicted octanol–water partition coefficient (Wildman–Crippen LogP) is 3.20. The summed E-state index contributed by atoms with van der Waals surface area (Å²) in [6.45, 7) is 5.09. The topological polar surface area (TPSA) is 94.0 Å². The number of carbonyl (C=O) groups excluding carboxylic acids is 1. The first-order valence-corrected chi connectivity index (χ1v) is 9.23. The summed E-state index contributed by atoms with van der Waals surface area (Å²) in [6.07, 6.45) is 4.00. The summed E-state index contributed by atoms with van der Waals surface area (Å²) in [4.78, 5) is 20.7.